The first-order valence-electron chi connectivity index (χ1n) is 4.77. The molecule has 2 atom stereocenters. The van der Waals surface area contributed by atoms with Crippen LogP contribution in [-0.4, -0.2) is 0 Å². The zero-order chi connectivity index (χ0) is 10.7. The van der Waals surface area contributed by atoms with Crippen molar-refractivity contribution in [3.05, 3.63) is 33.8 Å². The molecule has 1 nitrogen and oxygen atoms in total. The summed E-state index contributed by atoms with van der Waals surface area (Å²) in [6.45, 7) is 4.21. The fraction of sp³-hybridized carbons (Fsp3) is 0.455. The van der Waals surface area contributed by atoms with Crippen molar-refractivity contribution in [1.82, 2.24) is 0 Å². The molecule has 1 aromatic carbocycles. The lowest BCUT2D eigenvalue weighted by Crippen LogP contribution is -2.19. The molecule has 3 heteroatoms. The van der Waals surface area contributed by atoms with Gasteiger partial charge in [-0.3, -0.25) is 0 Å². The minimum atomic E-state index is -0.0822. The third-order valence-corrected chi connectivity index (χ3v) is 3.25. The maximum Gasteiger partial charge on any atom is 0.0468 e. The maximum absolute atomic E-state index is 6.08. The van der Waals surface area contributed by atoms with Gasteiger partial charge in [0.2, 0.25) is 0 Å². The molecule has 0 radical (unpaired) electrons. The Morgan fingerprint density at radius 3 is 2.21 bits per heavy atom. The number of nitrogens with two attached hydrogens (primary N) is 1. The summed E-state index contributed by atoms with van der Waals surface area (Å²) in [5.41, 5.74) is 6.95. The second kappa shape index (κ2) is 5.01. The van der Waals surface area contributed by atoms with Crippen LogP contribution in [0.15, 0.2) is 18.2 Å². The lowest BCUT2D eigenvalue weighted by atomic mass is 9.93. The van der Waals surface area contributed by atoms with Gasteiger partial charge in [-0.1, -0.05) is 49.5 Å². The first-order valence-corrected chi connectivity index (χ1v) is 5.53. The summed E-state index contributed by atoms with van der Waals surface area (Å²) in [5, 5.41) is 1.32. The molecule has 0 aliphatic carbocycles. The van der Waals surface area contributed by atoms with E-state index in [-0.39, 0.29) is 6.04 Å². The third kappa shape index (κ3) is 2.41. The minimum Gasteiger partial charge on any atom is -0.324 e. The van der Waals surface area contributed by atoms with E-state index in [1.54, 1.807) is 0 Å². The van der Waals surface area contributed by atoms with Gasteiger partial charge in [-0.15, -0.1) is 0 Å². The molecule has 0 amide bonds. The zero-order valence-corrected chi connectivity index (χ0v) is 9.94. The Bertz CT molecular complexity index is 292. The number of halogens is 2. The van der Waals surface area contributed by atoms with E-state index in [1.165, 1.54) is 0 Å². The Balaban J connectivity index is 3.05. The standard InChI is InChI=1S/C11H15Cl2N/c1-3-7(2)11(14)10-8(12)5-4-6-9(10)13/h4-7,11H,3,14H2,1-2H3/t7?,11-/m1/s1. The molecule has 0 fully saturated rings. The van der Waals surface area contributed by atoms with Crippen LogP contribution in [0.4, 0.5) is 0 Å². The van der Waals surface area contributed by atoms with E-state index < -0.39 is 0 Å². The molecule has 0 bridgehead atoms. The Labute approximate surface area is 95.2 Å². The van der Waals surface area contributed by atoms with Gasteiger partial charge in [0.1, 0.15) is 0 Å². The molecule has 0 aromatic heterocycles. The Morgan fingerprint density at radius 2 is 1.79 bits per heavy atom. The second-order valence-electron chi connectivity index (χ2n) is 3.55. The highest BCUT2D eigenvalue weighted by atomic mass is 35.5. The summed E-state index contributed by atoms with van der Waals surface area (Å²) in [5.74, 6) is 0.382. The van der Waals surface area contributed by atoms with Crippen molar-refractivity contribution in [2.75, 3.05) is 0 Å². The summed E-state index contributed by atoms with van der Waals surface area (Å²) in [7, 11) is 0. The van der Waals surface area contributed by atoms with Crippen LogP contribution < -0.4 is 5.73 Å². The third-order valence-electron chi connectivity index (χ3n) is 2.59. The Hall–Kier alpha value is -0.240. The van der Waals surface area contributed by atoms with E-state index in [0.29, 0.717) is 16.0 Å². The van der Waals surface area contributed by atoms with Crippen LogP contribution in [0, 0.1) is 5.92 Å². The highest BCUT2D eigenvalue weighted by molar-refractivity contribution is 6.36. The molecule has 0 saturated heterocycles. The Kier molecular flexibility index (Phi) is 4.24. The monoisotopic (exact) mass is 231 g/mol. The van der Waals surface area contributed by atoms with Gasteiger partial charge >= 0.3 is 0 Å². The number of benzene rings is 1. The van der Waals surface area contributed by atoms with Crippen molar-refractivity contribution < 1.29 is 0 Å². The normalized spacial score (nSPS) is 15.2. The quantitative estimate of drug-likeness (QED) is 0.836. The van der Waals surface area contributed by atoms with Crippen LogP contribution in [0.5, 0.6) is 0 Å². The molecule has 14 heavy (non-hydrogen) atoms. The van der Waals surface area contributed by atoms with Gasteiger partial charge in [0.25, 0.3) is 0 Å². The van der Waals surface area contributed by atoms with Gasteiger partial charge in [0, 0.05) is 21.7 Å². The molecule has 1 unspecified atom stereocenters. The van der Waals surface area contributed by atoms with Crippen LogP contribution in [-0.2, 0) is 0 Å². The molecule has 1 aromatic rings. The van der Waals surface area contributed by atoms with E-state index >= 15 is 0 Å². The molecule has 1 rings (SSSR count). The highest BCUT2D eigenvalue weighted by Crippen LogP contribution is 2.33. The fourth-order valence-electron chi connectivity index (χ4n) is 1.37. The molecule has 2 N–H and O–H groups in total. The van der Waals surface area contributed by atoms with Crippen molar-refractivity contribution in [3.8, 4) is 0 Å². The first-order chi connectivity index (χ1) is 6.57. The fourth-order valence-corrected chi connectivity index (χ4v) is 2.02. The number of rotatable bonds is 3. The minimum absolute atomic E-state index is 0.0822. The van der Waals surface area contributed by atoms with Crippen LogP contribution >= 0.6 is 23.2 Å². The SMILES string of the molecule is CCC(C)[C@@H](N)c1c(Cl)cccc1Cl. The summed E-state index contributed by atoms with van der Waals surface area (Å²) in [6.07, 6.45) is 1.02. The van der Waals surface area contributed by atoms with Gasteiger partial charge in [-0.05, 0) is 18.1 Å². The van der Waals surface area contributed by atoms with E-state index in [9.17, 15) is 0 Å². The summed E-state index contributed by atoms with van der Waals surface area (Å²) < 4.78 is 0. The summed E-state index contributed by atoms with van der Waals surface area (Å²) in [6, 6.07) is 5.40. The molecule has 0 spiro atoms. The Morgan fingerprint density at radius 1 is 1.29 bits per heavy atom. The molecule has 0 heterocycles. The van der Waals surface area contributed by atoms with Crippen LogP contribution in [0.2, 0.25) is 10.0 Å². The predicted molar refractivity (Wildman–Crippen MR) is 62.8 cm³/mol. The van der Waals surface area contributed by atoms with Gasteiger partial charge < -0.3 is 5.73 Å². The van der Waals surface area contributed by atoms with Gasteiger partial charge in [0.15, 0.2) is 0 Å². The lowest BCUT2D eigenvalue weighted by Gasteiger charge is -2.20. The predicted octanol–water partition coefficient (Wildman–Crippen LogP) is 4.04. The molecule has 0 aliphatic rings. The molecular weight excluding hydrogens is 217 g/mol. The first kappa shape index (κ1) is 11.8. The van der Waals surface area contributed by atoms with E-state index in [0.717, 1.165) is 12.0 Å². The van der Waals surface area contributed by atoms with E-state index in [2.05, 4.69) is 13.8 Å². The molecule has 0 saturated carbocycles. The van der Waals surface area contributed by atoms with Gasteiger partial charge in [-0.2, -0.15) is 0 Å². The average Bonchev–Trinajstić information content (AvgIpc) is 2.16. The highest BCUT2D eigenvalue weighted by Gasteiger charge is 2.18. The summed E-state index contributed by atoms with van der Waals surface area (Å²) >= 11 is 12.1. The van der Waals surface area contributed by atoms with Crippen molar-refractivity contribution >= 4 is 23.2 Å². The zero-order valence-electron chi connectivity index (χ0n) is 8.43. The summed E-state index contributed by atoms with van der Waals surface area (Å²) in [4.78, 5) is 0. The van der Waals surface area contributed by atoms with Gasteiger partial charge in [-0.25, -0.2) is 0 Å². The molecule has 0 aliphatic heterocycles. The van der Waals surface area contributed by atoms with Crippen molar-refractivity contribution in [3.63, 3.8) is 0 Å². The van der Waals surface area contributed by atoms with E-state index in [1.807, 2.05) is 18.2 Å². The van der Waals surface area contributed by atoms with Gasteiger partial charge in [0.05, 0.1) is 0 Å². The van der Waals surface area contributed by atoms with E-state index in [4.69, 9.17) is 28.9 Å². The van der Waals surface area contributed by atoms with Crippen molar-refractivity contribution in [1.29, 1.82) is 0 Å². The smallest absolute Gasteiger partial charge is 0.0468 e. The molecule has 78 valence electrons. The second-order valence-corrected chi connectivity index (χ2v) is 4.36. The number of hydrogen-bond donors (Lipinski definition) is 1. The van der Waals surface area contributed by atoms with Crippen molar-refractivity contribution in [2.45, 2.75) is 26.3 Å². The largest absolute Gasteiger partial charge is 0.324 e. The topological polar surface area (TPSA) is 26.0 Å². The van der Waals surface area contributed by atoms with Crippen LogP contribution in [0.3, 0.4) is 0 Å². The average molecular weight is 232 g/mol. The molecular formula is C11H15Cl2N. The van der Waals surface area contributed by atoms with Crippen LogP contribution in [0.25, 0.3) is 0 Å². The maximum atomic E-state index is 6.08. The van der Waals surface area contributed by atoms with Crippen molar-refractivity contribution in [2.24, 2.45) is 11.7 Å². The van der Waals surface area contributed by atoms with Crippen LogP contribution in [0.1, 0.15) is 31.9 Å². The number of hydrogen-bond acceptors (Lipinski definition) is 1. The lowest BCUT2D eigenvalue weighted by molar-refractivity contribution is 0.457.